The molecule has 0 saturated carbocycles. The molecule has 2 rings (SSSR count). The zero-order valence-corrected chi connectivity index (χ0v) is 9.22. The Morgan fingerprint density at radius 2 is 2.15 bits per heavy atom. The maximum absolute atomic E-state index is 6.08. The van der Waals surface area contributed by atoms with E-state index in [1.165, 1.54) is 4.90 Å². The standard InChI is InChI=1S/C9H9Cl2NS/c10-5-1-2-7-8(9(5)11)6(12)3-4-13-7/h1-2,6H,3-4,12H2/t6-/m0/s1. The summed E-state index contributed by atoms with van der Waals surface area (Å²) in [6.07, 6.45) is 0.970. The van der Waals surface area contributed by atoms with Gasteiger partial charge in [0.05, 0.1) is 10.0 Å². The lowest BCUT2D eigenvalue weighted by Gasteiger charge is -2.23. The fraction of sp³-hybridized carbons (Fsp3) is 0.333. The topological polar surface area (TPSA) is 26.0 Å². The van der Waals surface area contributed by atoms with Crippen LogP contribution in [0.1, 0.15) is 18.0 Å². The second-order valence-corrected chi connectivity index (χ2v) is 4.94. The number of thioether (sulfide) groups is 1. The first-order chi connectivity index (χ1) is 6.20. The number of hydrogen-bond acceptors (Lipinski definition) is 2. The summed E-state index contributed by atoms with van der Waals surface area (Å²) in [5.41, 5.74) is 6.98. The van der Waals surface area contributed by atoms with Crippen LogP contribution in [-0.4, -0.2) is 5.75 Å². The number of hydrogen-bond donors (Lipinski definition) is 1. The highest BCUT2D eigenvalue weighted by molar-refractivity contribution is 7.99. The molecular weight excluding hydrogens is 225 g/mol. The van der Waals surface area contributed by atoms with Gasteiger partial charge in [0.15, 0.2) is 0 Å². The van der Waals surface area contributed by atoms with E-state index in [2.05, 4.69) is 0 Å². The van der Waals surface area contributed by atoms with E-state index >= 15 is 0 Å². The van der Waals surface area contributed by atoms with Crippen LogP contribution in [0.5, 0.6) is 0 Å². The van der Waals surface area contributed by atoms with E-state index < -0.39 is 0 Å². The van der Waals surface area contributed by atoms with Crippen molar-refractivity contribution in [1.82, 2.24) is 0 Å². The van der Waals surface area contributed by atoms with Crippen LogP contribution >= 0.6 is 35.0 Å². The Bertz CT molecular complexity index is 341. The first kappa shape index (κ1) is 9.66. The lowest BCUT2D eigenvalue weighted by molar-refractivity contribution is 0.681. The number of halogens is 2. The average Bonchev–Trinajstić information content (AvgIpc) is 2.12. The van der Waals surface area contributed by atoms with Crippen molar-refractivity contribution in [3.05, 3.63) is 27.7 Å². The lowest BCUT2D eigenvalue weighted by Crippen LogP contribution is -2.16. The molecule has 1 heterocycles. The molecule has 4 heteroatoms. The predicted octanol–water partition coefficient (Wildman–Crippen LogP) is 3.49. The highest BCUT2D eigenvalue weighted by Gasteiger charge is 2.21. The van der Waals surface area contributed by atoms with Gasteiger partial charge >= 0.3 is 0 Å². The molecule has 2 N–H and O–H groups in total. The Morgan fingerprint density at radius 1 is 1.38 bits per heavy atom. The molecule has 70 valence electrons. The zero-order chi connectivity index (χ0) is 9.42. The van der Waals surface area contributed by atoms with E-state index in [1.54, 1.807) is 11.8 Å². The number of rotatable bonds is 0. The molecule has 0 spiro atoms. The van der Waals surface area contributed by atoms with Crippen LogP contribution in [0.25, 0.3) is 0 Å². The molecule has 0 amide bonds. The average molecular weight is 234 g/mol. The van der Waals surface area contributed by atoms with Gasteiger partial charge in [0, 0.05) is 16.5 Å². The van der Waals surface area contributed by atoms with Crippen LogP contribution in [0.4, 0.5) is 0 Å². The zero-order valence-electron chi connectivity index (χ0n) is 6.89. The Labute approximate surface area is 91.6 Å². The summed E-state index contributed by atoms with van der Waals surface area (Å²) in [5, 5.41) is 1.22. The van der Waals surface area contributed by atoms with Crippen molar-refractivity contribution in [1.29, 1.82) is 0 Å². The van der Waals surface area contributed by atoms with E-state index in [1.807, 2.05) is 12.1 Å². The molecule has 0 radical (unpaired) electrons. The minimum Gasteiger partial charge on any atom is -0.324 e. The van der Waals surface area contributed by atoms with Gasteiger partial charge in [0.2, 0.25) is 0 Å². The highest BCUT2D eigenvalue weighted by Crippen LogP contribution is 2.41. The van der Waals surface area contributed by atoms with Gasteiger partial charge in [-0.15, -0.1) is 11.8 Å². The van der Waals surface area contributed by atoms with Crippen molar-refractivity contribution in [2.24, 2.45) is 5.73 Å². The second kappa shape index (κ2) is 3.70. The minimum atomic E-state index is 0.0439. The van der Waals surface area contributed by atoms with Gasteiger partial charge in [-0.05, 0) is 24.3 Å². The van der Waals surface area contributed by atoms with Crippen molar-refractivity contribution < 1.29 is 0 Å². The molecule has 1 aromatic rings. The molecule has 1 atom stereocenters. The molecule has 0 unspecified atom stereocenters. The van der Waals surface area contributed by atoms with Crippen LogP contribution in [0.2, 0.25) is 10.0 Å². The first-order valence-corrected chi connectivity index (χ1v) is 5.80. The number of benzene rings is 1. The second-order valence-electron chi connectivity index (χ2n) is 3.02. The summed E-state index contributed by atoms with van der Waals surface area (Å²) in [6.45, 7) is 0. The van der Waals surface area contributed by atoms with Gasteiger partial charge in [0.25, 0.3) is 0 Å². The molecule has 0 aliphatic carbocycles. The van der Waals surface area contributed by atoms with E-state index in [0.717, 1.165) is 17.7 Å². The molecule has 1 aromatic carbocycles. The first-order valence-electron chi connectivity index (χ1n) is 4.06. The van der Waals surface area contributed by atoms with Crippen molar-refractivity contribution in [3.63, 3.8) is 0 Å². The third-order valence-electron chi connectivity index (χ3n) is 2.15. The van der Waals surface area contributed by atoms with E-state index in [0.29, 0.717) is 10.0 Å². The normalized spacial score (nSPS) is 21.3. The summed E-state index contributed by atoms with van der Waals surface area (Å²) in [7, 11) is 0. The van der Waals surface area contributed by atoms with Crippen molar-refractivity contribution in [2.45, 2.75) is 17.4 Å². The van der Waals surface area contributed by atoms with Gasteiger partial charge in [-0.3, -0.25) is 0 Å². The van der Waals surface area contributed by atoms with Gasteiger partial charge < -0.3 is 5.73 Å². The Morgan fingerprint density at radius 3 is 2.92 bits per heavy atom. The minimum absolute atomic E-state index is 0.0439. The van der Waals surface area contributed by atoms with Gasteiger partial charge in [0.1, 0.15) is 0 Å². The summed E-state index contributed by atoms with van der Waals surface area (Å²) in [4.78, 5) is 1.17. The van der Waals surface area contributed by atoms with Crippen LogP contribution < -0.4 is 5.73 Å². The predicted molar refractivity (Wildman–Crippen MR) is 58.7 cm³/mol. The van der Waals surface area contributed by atoms with Crippen molar-refractivity contribution >= 4 is 35.0 Å². The highest BCUT2D eigenvalue weighted by atomic mass is 35.5. The monoisotopic (exact) mass is 233 g/mol. The number of fused-ring (bicyclic) bond motifs is 1. The van der Waals surface area contributed by atoms with E-state index in [-0.39, 0.29) is 6.04 Å². The molecule has 1 aliphatic heterocycles. The van der Waals surface area contributed by atoms with Crippen molar-refractivity contribution in [3.8, 4) is 0 Å². The Balaban J connectivity index is 2.58. The van der Waals surface area contributed by atoms with Gasteiger partial charge in [-0.2, -0.15) is 0 Å². The SMILES string of the molecule is N[C@H]1CCSc2ccc(Cl)c(Cl)c21. The maximum atomic E-state index is 6.08. The quantitative estimate of drug-likeness (QED) is 0.743. The summed E-state index contributed by atoms with van der Waals surface area (Å²) in [5.74, 6) is 1.06. The molecule has 1 nitrogen and oxygen atoms in total. The fourth-order valence-electron chi connectivity index (χ4n) is 1.46. The van der Waals surface area contributed by atoms with Crippen molar-refractivity contribution in [2.75, 3.05) is 5.75 Å². The Hall–Kier alpha value is 0.110. The molecular formula is C9H9Cl2NS. The van der Waals surface area contributed by atoms with Crippen LogP contribution in [0.3, 0.4) is 0 Å². The van der Waals surface area contributed by atoms with Crippen LogP contribution in [-0.2, 0) is 0 Å². The third kappa shape index (κ3) is 1.68. The lowest BCUT2D eigenvalue weighted by atomic mass is 10.0. The van der Waals surface area contributed by atoms with Crippen LogP contribution in [0.15, 0.2) is 17.0 Å². The summed E-state index contributed by atoms with van der Waals surface area (Å²) in [6, 6.07) is 3.86. The molecule has 0 fully saturated rings. The molecule has 1 aliphatic rings. The van der Waals surface area contributed by atoms with Crippen LogP contribution in [0, 0.1) is 0 Å². The molecule has 0 saturated heterocycles. The fourth-order valence-corrected chi connectivity index (χ4v) is 3.15. The Kier molecular flexibility index (Phi) is 2.75. The largest absolute Gasteiger partial charge is 0.324 e. The molecule has 0 aromatic heterocycles. The molecule has 13 heavy (non-hydrogen) atoms. The van der Waals surface area contributed by atoms with E-state index in [9.17, 15) is 0 Å². The number of nitrogens with two attached hydrogens (primary N) is 1. The van der Waals surface area contributed by atoms with Gasteiger partial charge in [-0.25, -0.2) is 0 Å². The maximum Gasteiger partial charge on any atom is 0.0651 e. The third-order valence-corrected chi connectivity index (χ3v) is 4.08. The van der Waals surface area contributed by atoms with E-state index in [4.69, 9.17) is 28.9 Å². The smallest absolute Gasteiger partial charge is 0.0651 e. The molecule has 0 bridgehead atoms. The van der Waals surface area contributed by atoms with Gasteiger partial charge in [-0.1, -0.05) is 23.2 Å². The summed E-state index contributed by atoms with van der Waals surface area (Å²) < 4.78 is 0. The summed E-state index contributed by atoms with van der Waals surface area (Å²) >= 11 is 13.8.